The summed E-state index contributed by atoms with van der Waals surface area (Å²) in [5, 5.41) is 8.82. The minimum atomic E-state index is -0.424. The van der Waals surface area contributed by atoms with Gasteiger partial charge in [0.25, 0.3) is 0 Å². The van der Waals surface area contributed by atoms with Crippen LogP contribution in [-0.2, 0) is 14.3 Å². The molecule has 4 heteroatoms. The molecule has 0 saturated heterocycles. The van der Waals surface area contributed by atoms with Crippen molar-refractivity contribution >= 4 is 5.97 Å². The fourth-order valence-electron chi connectivity index (χ4n) is 1.08. The van der Waals surface area contributed by atoms with E-state index in [1.165, 1.54) is 13.2 Å². The van der Waals surface area contributed by atoms with Crippen molar-refractivity contribution < 1.29 is 19.4 Å². The highest BCUT2D eigenvalue weighted by Crippen LogP contribution is 2.22. The Balaban J connectivity index is 2.68. The molecule has 1 N–H and O–H groups in total. The number of hydrogen-bond acceptors (Lipinski definition) is 4. The molecule has 4 nitrogen and oxygen atoms in total. The fraction of sp³-hybridized carbons (Fsp3) is 0.625. The van der Waals surface area contributed by atoms with Crippen LogP contribution in [0.5, 0.6) is 0 Å². The highest BCUT2D eigenvalue weighted by atomic mass is 16.6. The molecule has 0 saturated carbocycles. The number of esters is 1. The number of aliphatic hydroxyl groups excluding tert-OH is 1. The third-order valence-electron chi connectivity index (χ3n) is 1.82. The quantitative estimate of drug-likeness (QED) is 0.612. The maximum atomic E-state index is 10.8. The van der Waals surface area contributed by atoms with Crippen LogP contribution in [0, 0.1) is 5.92 Å². The Bertz CT molecular complexity index is 209. The second kappa shape index (κ2) is 3.58. The zero-order chi connectivity index (χ0) is 9.14. The minimum absolute atomic E-state index is 0.0291. The molecule has 1 aliphatic heterocycles. The first-order chi connectivity index (χ1) is 5.69. The molecule has 0 amide bonds. The predicted molar refractivity (Wildman–Crippen MR) is 41.2 cm³/mol. The van der Waals surface area contributed by atoms with Crippen LogP contribution in [0.3, 0.4) is 0 Å². The maximum absolute atomic E-state index is 10.8. The summed E-state index contributed by atoms with van der Waals surface area (Å²) in [6.07, 6.45) is 0.879. The summed E-state index contributed by atoms with van der Waals surface area (Å²) in [4.78, 5) is 10.8. The van der Waals surface area contributed by atoms with Crippen molar-refractivity contribution in [2.24, 2.45) is 5.92 Å². The third kappa shape index (κ3) is 1.58. The van der Waals surface area contributed by atoms with Gasteiger partial charge in [0.05, 0.1) is 13.2 Å². The van der Waals surface area contributed by atoms with Crippen molar-refractivity contribution in [1.29, 1.82) is 0 Å². The first-order valence-corrected chi connectivity index (χ1v) is 3.76. The summed E-state index contributed by atoms with van der Waals surface area (Å²) in [6, 6.07) is 0. The lowest BCUT2D eigenvalue weighted by Gasteiger charge is -2.18. The lowest BCUT2D eigenvalue weighted by molar-refractivity contribution is -0.141. The van der Waals surface area contributed by atoms with Gasteiger partial charge in [0.15, 0.2) is 6.10 Å². The van der Waals surface area contributed by atoms with Crippen molar-refractivity contribution in [2.45, 2.75) is 13.0 Å². The third-order valence-corrected chi connectivity index (χ3v) is 1.82. The van der Waals surface area contributed by atoms with E-state index in [0.29, 0.717) is 5.76 Å². The van der Waals surface area contributed by atoms with E-state index in [4.69, 9.17) is 14.6 Å². The van der Waals surface area contributed by atoms with E-state index < -0.39 is 12.1 Å². The number of aliphatic hydroxyl groups is 1. The Kier molecular flexibility index (Phi) is 2.70. The van der Waals surface area contributed by atoms with Crippen LogP contribution in [0.1, 0.15) is 6.92 Å². The van der Waals surface area contributed by atoms with E-state index in [1.807, 2.05) is 0 Å². The van der Waals surface area contributed by atoms with E-state index in [9.17, 15) is 4.79 Å². The van der Waals surface area contributed by atoms with Gasteiger partial charge in [-0.2, -0.15) is 0 Å². The first-order valence-electron chi connectivity index (χ1n) is 3.76. The highest BCUT2D eigenvalue weighted by molar-refractivity contribution is 5.85. The van der Waals surface area contributed by atoms with E-state index in [1.54, 1.807) is 6.92 Å². The molecule has 0 unspecified atom stereocenters. The second-order valence-electron chi connectivity index (χ2n) is 2.77. The number of methoxy groups -OCH3 is 1. The second-order valence-corrected chi connectivity index (χ2v) is 2.77. The molecule has 0 spiro atoms. The number of carbonyl (C=O) groups excluding carboxylic acids is 1. The molecule has 0 fully saturated rings. The average molecular weight is 172 g/mol. The monoisotopic (exact) mass is 172 g/mol. The van der Waals surface area contributed by atoms with Crippen molar-refractivity contribution in [3.63, 3.8) is 0 Å². The van der Waals surface area contributed by atoms with Crippen molar-refractivity contribution in [3.8, 4) is 0 Å². The maximum Gasteiger partial charge on any atom is 0.335 e. The lowest BCUT2D eigenvalue weighted by Crippen LogP contribution is -2.24. The molecular formula is C8H12O4. The average Bonchev–Trinajstić information content (AvgIpc) is 2.45. The zero-order valence-corrected chi connectivity index (χ0v) is 7.11. The van der Waals surface area contributed by atoms with E-state index in [-0.39, 0.29) is 12.5 Å². The van der Waals surface area contributed by atoms with Crippen LogP contribution in [0.25, 0.3) is 0 Å². The molecule has 0 radical (unpaired) electrons. The van der Waals surface area contributed by atoms with E-state index >= 15 is 0 Å². The summed E-state index contributed by atoms with van der Waals surface area (Å²) in [5.41, 5.74) is 0. The largest absolute Gasteiger partial charge is 0.497 e. The van der Waals surface area contributed by atoms with Gasteiger partial charge in [-0.25, -0.2) is 4.79 Å². The van der Waals surface area contributed by atoms with Gasteiger partial charge in [-0.05, 0) is 0 Å². The molecule has 0 aliphatic carbocycles. The summed E-state index contributed by atoms with van der Waals surface area (Å²) in [6.45, 7) is 1.76. The van der Waals surface area contributed by atoms with Crippen molar-refractivity contribution in [2.75, 3.05) is 13.7 Å². The van der Waals surface area contributed by atoms with Gasteiger partial charge < -0.3 is 14.6 Å². The van der Waals surface area contributed by atoms with Gasteiger partial charge in [0.2, 0.25) is 0 Å². The molecule has 0 bridgehead atoms. The van der Waals surface area contributed by atoms with E-state index in [0.717, 1.165) is 0 Å². The Morgan fingerprint density at radius 3 is 3.00 bits per heavy atom. The standard InChI is InChI=1S/C8H12O4/c1-5(4-9)8-6(11-2)3-7(10)12-8/h3,5,8-9H,4H2,1-2H3/t5-,8-/m1/s1. The number of cyclic esters (lactones) is 1. The van der Waals surface area contributed by atoms with Gasteiger partial charge in [0.1, 0.15) is 5.76 Å². The Morgan fingerprint density at radius 1 is 1.83 bits per heavy atom. The van der Waals surface area contributed by atoms with Gasteiger partial charge in [-0.3, -0.25) is 0 Å². The summed E-state index contributed by atoms with van der Waals surface area (Å²) < 4.78 is 9.82. The van der Waals surface area contributed by atoms with Crippen LogP contribution in [-0.4, -0.2) is 30.9 Å². The normalized spacial score (nSPS) is 24.8. The van der Waals surface area contributed by atoms with Crippen LogP contribution < -0.4 is 0 Å². The van der Waals surface area contributed by atoms with Crippen LogP contribution >= 0.6 is 0 Å². The summed E-state index contributed by atoms with van der Waals surface area (Å²) in [5.74, 6) is -0.0404. The number of ether oxygens (including phenoxy) is 2. The molecule has 0 aromatic rings. The Labute approximate surface area is 70.8 Å². The summed E-state index contributed by atoms with van der Waals surface area (Å²) in [7, 11) is 1.48. The Morgan fingerprint density at radius 2 is 2.50 bits per heavy atom. The zero-order valence-electron chi connectivity index (χ0n) is 7.11. The summed E-state index contributed by atoms with van der Waals surface area (Å²) >= 11 is 0. The molecule has 68 valence electrons. The topological polar surface area (TPSA) is 55.8 Å². The Hall–Kier alpha value is -1.03. The molecule has 0 aromatic heterocycles. The molecule has 1 rings (SSSR count). The molecule has 1 aliphatic rings. The van der Waals surface area contributed by atoms with E-state index in [2.05, 4.69) is 0 Å². The SMILES string of the molecule is COC1=CC(=O)O[C@@H]1[C@H](C)CO. The predicted octanol–water partition coefficient (Wildman–Crippen LogP) is 0.0705. The van der Waals surface area contributed by atoms with Crippen LogP contribution in [0.15, 0.2) is 11.8 Å². The number of hydrogen-bond donors (Lipinski definition) is 1. The van der Waals surface area contributed by atoms with Crippen LogP contribution in [0.2, 0.25) is 0 Å². The molecule has 12 heavy (non-hydrogen) atoms. The smallest absolute Gasteiger partial charge is 0.335 e. The van der Waals surface area contributed by atoms with Crippen LogP contribution in [0.4, 0.5) is 0 Å². The molecule has 2 atom stereocenters. The number of carbonyl (C=O) groups is 1. The van der Waals surface area contributed by atoms with Gasteiger partial charge >= 0.3 is 5.97 Å². The highest BCUT2D eigenvalue weighted by Gasteiger charge is 2.31. The lowest BCUT2D eigenvalue weighted by atomic mass is 10.1. The van der Waals surface area contributed by atoms with Gasteiger partial charge in [-0.15, -0.1) is 0 Å². The van der Waals surface area contributed by atoms with Gasteiger partial charge in [0, 0.05) is 12.5 Å². The molecular weight excluding hydrogens is 160 g/mol. The van der Waals surface area contributed by atoms with Crippen molar-refractivity contribution in [1.82, 2.24) is 0 Å². The van der Waals surface area contributed by atoms with Crippen molar-refractivity contribution in [3.05, 3.63) is 11.8 Å². The molecule has 0 aromatic carbocycles. The molecule has 1 heterocycles. The first kappa shape index (κ1) is 9.06. The minimum Gasteiger partial charge on any atom is -0.497 e. The fourth-order valence-corrected chi connectivity index (χ4v) is 1.08. The van der Waals surface area contributed by atoms with Gasteiger partial charge in [-0.1, -0.05) is 6.92 Å². The number of rotatable bonds is 3.